The lowest BCUT2D eigenvalue weighted by Gasteiger charge is -2.12. The van der Waals surface area contributed by atoms with Gasteiger partial charge in [0.25, 0.3) is 0 Å². The van der Waals surface area contributed by atoms with E-state index in [4.69, 9.17) is 9.47 Å². The smallest absolute Gasteiger partial charge is 0.191 e. The Labute approximate surface area is 149 Å². The van der Waals surface area contributed by atoms with Gasteiger partial charge in [-0.15, -0.1) is 0 Å². The van der Waals surface area contributed by atoms with Crippen LogP contribution < -0.4 is 20.1 Å². The minimum atomic E-state index is 0.690. The molecule has 25 heavy (non-hydrogen) atoms. The van der Waals surface area contributed by atoms with Gasteiger partial charge in [-0.25, -0.2) is 4.98 Å². The van der Waals surface area contributed by atoms with Crippen LogP contribution in [0.4, 0.5) is 0 Å². The van der Waals surface area contributed by atoms with Crippen LogP contribution in [0, 0.1) is 0 Å². The number of nitrogens with one attached hydrogen (secondary N) is 2. The molecule has 2 N–H and O–H groups in total. The molecule has 0 saturated carbocycles. The lowest BCUT2D eigenvalue weighted by Crippen LogP contribution is -2.39. The van der Waals surface area contributed by atoms with Gasteiger partial charge in [-0.3, -0.25) is 4.99 Å². The first kappa shape index (κ1) is 18.6. The van der Waals surface area contributed by atoms with E-state index in [1.54, 1.807) is 20.4 Å². The van der Waals surface area contributed by atoms with Crippen molar-refractivity contribution in [3.8, 4) is 11.5 Å². The van der Waals surface area contributed by atoms with Crippen LogP contribution >= 0.6 is 0 Å². The number of hydrogen-bond donors (Lipinski definition) is 2. The van der Waals surface area contributed by atoms with E-state index in [0.29, 0.717) is 6.54 Å². The van der Waals surface area contributed by atoms with Crippen molar-refractivity contribution in [1.29, 1.82) is 0 Å². The molecular weight excluding hydrogens is 318 g/mol. The second kappa shape index (κ2) is 10.2. The zero-order valence-corrected chi connectivity index (χ0v) is 15.2. The third-order valence-electron chi connectivity index (χ3n) is 3.68. The van der Waals surface area contributed by atoms with Crippen molar-refractivity contribution in [2.75, 3.05) is 33.9 Å². The van der Waals surface area contributed by atoms with Crippen molar-refractivity contribution in [1.82, 2.24) is 20.2 Å². The molecule has 1 aromatic carbocycles. The van der Waals surface area contributed by atoms with E-state index in [9.17, 15) is 0 Å². The molecule has 2 rings (SSSR count). The molecule has 0 amide bonds. The minimum absolute atomic E-state index is 0.690. The number of nitrogens with zero attached hydrogens (tertiary/aromatic N) is 3. The Hall–Kier alpha value is -2.70. The first-order valence-corrected chi connectivity index (χ1v) is 8.45. The summed E-state index contributed by atoms with van der Waals surface area (Å²) in [5.41, 5.74) is 1.16. The largest absolute Gasteiger partial charge is 0.493 e. The molecular formula is C18H27N5O2. The van der Waals surface area contributed by atoms with Gasteiger partial charge in [0.05, 0.1) is 20.5 Å². The van der Waals surface area contributed by atoms with Gasteiger partial charge in [0.15, 0.2) is 17.5 Å². The van der Waals surface area contributed by atoms with Crippen molar-refractivity contribution in [3.63, 3.8) is 0 Å². The summed E-state index contributed by atoms with van der Waals surface area (Å²) in [5.74, 6) is 2.31. The molecule has 0 saturated heterocycles. The number of imidazole rings is 1. The van der Waals surface area contributed by atoms with Gasteiger partial charge in [0, 0.05) is 38.6 Å². The second-order valence-corrected chi connectivity index (χ2v) is 5.43. The van der Waals surface area contributed by atoms with Crippen molar-refractivity contribution in [2.45, 2.75) is 19.9 Å². The fraction of sp³-hybridized carbons (Fsp3) is 0.444. The predicted molar refractivity (Wildman–Crippen MR) is 99.5 cm³/mol. The van der Waals surface area contributed by atoms with Gasteiger partial charge >= 0.3 is 0 Å². The van der Waals surface area contributed by atoms with Crippen molar-refractivity contribution in [2.24, 2.45) is 4.99 Å². The first-order valence-electron chi connectivity index (χ1n) is 8.45. The standard InChI is InChI=1S/C18H27N5O2/c1-4-20-18(22-10-12-23-11-9-19-14-23)21-8-7-15-5-6-16(24-2)17(13-15)25-3/h5-6,9,11,13-14H,4,7-8,10,12H2,1-3H3,(H2,20,21,22). The quantitative estimate of drug-likeness (QED) is 0.535. The van der Waals surface area contributed by atoms with Crippen LogP contribution in [-0.2, 0) is 13.0 Å². The Morgan fingerprint density at radius 1 is 1.20 bits per heavy atom. The number of rotatable bonds is 9. The zero-order valence-electron chi connectivity index (χ0n) is 15.2. The van der Waals surface area contributed by atoms with Crippen LogP contribution in [-0.4, -0.2) is 49.4 Å². The highest BCUT2D eigenvalue weighted by atomic mass is 16.5. The number of aliphatic imine (C=N–C) groups is 1. The number of hydrogen-bond acceptors (Lipinski definition) is 4. The topological polar surface area (TPSA) is 72.7 Å². The van der Waals surface area contributed by atoms with E-state index in [1.165, 1.54) is 0 Å². The molecule has 0 radical (unpaired) electrons. The number of guanidine groups is 1. The summed E-state index contributed by atoms with van der Waals surface area (Å²) in [5, 5.41) is 6.59. The molecule has 1 heterocycles. The molecule has 0 fully saturated rings. The average molecular weight is 345 g/mol. The summed E-state index contributed by atoms with van der Waals surface area (Å²) in [4.78, 5) is 8.66. The molecule has 7 heteroatoms. The number of aromatic nitrogens is 2. The molecule has 2 aromatic rings. The molecule has 1 aromatic heterocycles. The highest BCUT2D eigenvalue weighted by molar-refractivity contribution is 5.79. The van der Waals surface area contributed by atoms with Gasteiger partial charge < -0.3 is 24.7 Å². The van der Waals surface area contributed by atoms with Crippen LogP contribution in [0.2, 0.25) is 0 Å². The monoisotopic (exact) mass is 345 g/mol. The van der Waals surface area contributed by atoms with Crippen LogP contribution in [0.3, 0.4) is 0 Å². The van der Waals surface area contributed by atoms with Gasteiger partial charge in [-0.1, -0.05) is 6.07 Å². The fourth-order valence-corrected chi connectivity index (χ4v) is 2.40. The summed E-state index contributed by atoms with van der Waals surface area (Å²) in [6.45, 7) is 5.21. The number of ether oxygens (including phenoxy) is 2. The molecule has 7 nitrogen and oxygen atoms in total. The second-order valence-electron chi connectivity index (χ2n) is 5.43. The highest BCUT2D eigenvalue weighted by Crippen LogP contribution is 2.27. The molecule has 0 aliphatic carbocycles. The van der Waals surface area contributed by atoms with E-state index in [2.05, 4.69) is 27.5 Å². The van der Waals surface area contributed by atoms with Crippen molar-refractivity contribution < 1.29 is 9.47 Å². The lowest BCUT2D eigenvalue weighted by atomic mass is 10.1. The molecule has 0 aliphatic rings. The molecule has 0 unspecified atom stereocenters. The SMILES string of the molecule is CCNC(=NCCc1ccc(OC)c(OC)c1)NCCn1ccnc1. The number of methoxy groups -OCH3 is 2. The van der Waals surface area contributed by atoms with Crippen molar-refractivity contribution in [3.05, 3.63) is 42.5 Å². The maximum atomic E-state index is 5.34. The molecule has 0 atom stereocenters. The lowest BCUT2D eigenvalue weighted by molar-refractivity contribution is 0.354. The van der Waals surface area contributed by atoms with E-state index in [1.807, 2.05) is 35.3 Å². The summed E-state index contributed by atoms with van der Waals surface area (Å²) in [6.07, 6.45) is 6.37. The van der Waals surface area contributed by atoms with Crippen LogP contribution in [0.5, 0.6) is 11.5 Å². The maximum Gasteiger partial charge on any atom is 0.191 e. The van der Waals surface area contributed by atoms with Crippen LogP contribution in [0.1, 0.15) is 12.5 Å². The summed E-state index contributed by atoms with van der Waals surface area (Å²) in [6, 6.07) is 5.95. The van der Waals surface area contributed by atoms with E-state index in [0.717, 1.165) is 49.1 Å². The Kier molecular flexibility index (Phi) is 7.62. The third kappa shape index (κ3) is 6.02. The maximum absolute atomic E-state index is 5.34. The molecule has 0 bridgehead atoms. The highest BCUT2D eigenvalue weighted by Gasteiger charge is 2.04. The van der Waals surface area contributed by atoms with E-state index < -0.39 is 0 Å². The molecule has 0 aliphatic heterocycles. The van der Waals surface area contributed by atoms with Gasteiger partial charge in [0.1, 0.15) is 0 Å². The summed E-state index contributed by atoms with van der Waals surface area (Å²) < 4.78 is 12.6. The Bertz CT molecular complexity index is 655. The molecule has 0 spiro atoms. The van der Waals surface area contributed by atoms with Gasteiger partial charge in [-0.2, -0.15) is 0 Å². The minimum Gasteiger partial charge on any atom is -0.493 e. The Balaban J connectivity index is 1.85. The van der Waals surface area contributed by atoms with Gasteiger partial charge in [-0.05, 0) is 31.0 Å². The van der Waals surface area contributed by atoms with E-state index >= 15 is 0 Å². The van der Waals surface area contributed by atoms with Gasteiger partial charge in [0.2, 0.25) is 0 Å². The normalized spacial score (nSPS) is 11.2. The number of benzene rings is 1. The molecule has 136 valence electrons. The van der Waals surface area contributed by atoms with Crippen LogP contribution in [0.25, 0.3) is 0 Å². The predicted octanol–water partition coefficient (Wildman–Crippen LogP) is 1.70. The summed E-state index contributed by atoms with van der Waals surface area (Å²) >= 11 is 0. The summed E-state index contributed by atoms with van der Waals surface area (Å²) in [7, 11) is 3.28. The third-order valence-corrected chi connectivity index (χ3v) is 3.68. The zero-order chi connectivity index (χ0) is 17.9. The van der Waals surface area contributed by atoms with Crippen molar-refractivity contribution >= 4 is 5.96 Å². The van der Waals surface area contributed by atoms with Crippen LogP contribution in [0.15, 0.2) is 41.9 Å². The first-order chi connectivity index (χ1) is 12.3. The Morgan fingerprint density at radius 2 is 2.04 bits per heavy atom. The average Bonchev–Trinajstić information content (AvgIpc) is 3.15. The Morgan fingerprint density at radius 3 is 2.72 bits per heavy atom. The fourth-order valence-electron chi connectivity index (χ4n) is 2.40. The van der Waals surface area contributed by atoms with E-state index in [-0.39, 0.29) is 0 Å².